The second-order valence-electron chi connectivity index (χ2n) is 5.50. The van der Waals surface area contributed by atoms with Crippen molar-refractivity contribution in [2.75, 3.05) is 23.7 Å². The smallest absolute Gasteiger partial charge is 0.131 e. The molecule has 0 bridgehead atoms. The SMILES string of the molecule is CC(C)(C)Nc1cc(NC2CCNC2)ncn1. The van der Waals surface area contributed by atoms with Gasteiger partial charge in [-0.15, -0.1) is 0 Å². The zero-order chi connectivity index (χ0) is 12.3. The first-order valence-electron chi connectivity index (χ1n) is 6.10. The van der Waals surface area contributed by atoms with Gasteiger partial charge in [0.1, 0.15) is 18.0 Å². The van der Waals surface area contributed by atoms with Crippen molar-refractivity contribution in [1.29, 1.82) is 0 Å². The quantitative estimate of drug-likeness (QED) is 0.740. The normalized spacial score (nSPS) is 20.3. The van der Waals surface area contributed by atoms with Crippen LogP contribution in [0.5, 0.6) is 0 Å². The largest absolute Gasteiger partial charge is 0.366 e. The molecule has 5 nitrogen and oxygen atoms in total. The second-order valence-corrected chi connectivity index (χ2v) is 5.50. The number of hydrogen-bond donors (Lipinski definition) is 3. The molecule has 1 aromatic rings. The molecule has 1 saturated heterocycles. The minimum absolute atomic E-state index is 0.0144. The third kappa shape index (κ3) is 3.85. The molecule has 1 aromatic heterocycles. The molecule has 0 saturated carbocycles. The average molecular weight is 235 g/mol. The van der Waals surface area contributed by atoms with Gasteiger partial charge < -0.3 is 16.0 Å². The molecule has 1 aliphatic rings. The Balaban J connectivity index is 2.00. The summed E-state index contributed by atoms with van der Waals surface area (Å²) in [6.45, 7) is 8.43. The van der Waals surface area contributed by atoms with E-state index in [1.807, 2.05) is 6.07 Å². The van der Waals surface area contributed by atoms with E-state index in [4.69, 9.17) is 0 Å². The van der Waals surface area contributed by atoms with Crippen molar-refractivity contribution < 1.29 is 0 Å². The maximum absolute atomic E-state index is 4.24. The van der Waals surface area contributed by atoms with Gasteiger partial charge in [-0.1, -0.05) is 0 Å². The number of nitrogens with zero attached hydrogens (tertiary/aromatic N) is 2. The summed E-state index contributed by atoms with van der Waals surface area (Å²) in [5, 5.41) is 10.1. The van der Waals surface area contributed by atoms with Crippen molar-refractivity contribution in [2.45, 2.75) is 38.8 Å². The highest BCUT2D eigenvalue weighted by molar-refractivity contribution is 5.48. The van der Waals surface area contributed by atoms with E-state index in [2.05, 4.69) is 46.7 Å². The molecule has 0 spiro atoms. The van der Waals surface area contributed by atoms with Crippen LogP contribution < -0.4 is 16.0 Å². The molecule has 1 unspecified atom stereocenters. The maximum atomic E-state index is 4.24. The highest BCUT2D eigenvalue weighted by Crippen LogP contribution is 2.15. The molecule has 3 N–H and O–H groups in total. The minimum atomic E-state index is 0.0144. The predicted octanol–water partition coefficient (Wildman–Crippen LogP) is 1.46. The van der Waals surface area contributed by atoms with Gasteiger partial charge in [-0.25, -0.2) is 9.97 Å². The number of rotatable bonds is 3. The molecule has 0 amide bonds. The van der Waals surface area contributed by atoms with E-state index in [1.165, 1.54) is 0 Å². The van der Waals surface area contributed by atoms with Crippen molar-refractivity contribution in [3.8, 4) is 0 Å². The van der Waals surface area contributed by atoms with Crippen LogP contribution in [0.4, 0.5) is 11.6 Å². The van der Waals surface area contributed by atoms with E-state index in [0.717, 1.165) is 31.1 Å². The summed E-state index contributed by atoms with van der Waals surface area (Å²) in [6, 6.07) is 2.44. The van der Waals surface area contributed by atoms with Gasteiger partial charge in [0, 0.05) is 24.2 Å². The lowest BCUT2D eigenvalue weighted by Crippen LogP contribution is -2.27. The molecule has 0 aromatic carbocycles. The zero-order valence-corrected chi connectivity index (χ0v) is 10.7. The van der Waals surface area contributed by atoms with Crippen molar-refractivity contribution in [3.63, 3.8) is 0 Å². The average Bonchev–Trinajstić information content (AvgIpc) is 2.68. The first-order chi connectivity index (χ1) is 8.03. The fourth-order valence-electron chi connectivity index (χ4n) is 1.88. The molecule has 5 heteroatoms. The first-order valence-corrected chi connectivity index (χ1v) is 6.10. The van der Waals surface area contributed by atoms with Crippen LogP contribution in [0.25, 0.3) is 0 Å². The van der Waals surface area contributed by atoms with E-state index >= 15 is 0 Å². The highest BCUT2D eigenvalue weighted by Gasteiger charge is 2.15. The molecule has 2 heterocycles. The van der Waals surface area contributed by atoms with Crippen molar-refractivity contribution in [3.05, 3.63) is 12.4 Å². The van der Waals surface area contributed by atoms with Gasteiger partial charge in [0.15, 0.2) is 0 Å². The zero-order valence-electron chi connectivity index (χ0n) is 10.7. The van der Waals surface area contributed by atoms with E-state index < -0.39 is 0 Å². The summed E-state index contributed by atoms with van der Waals surface area (Å²) in [5.41, 5.74) is 0.0144. The highest BCUT2D eigenvalue weighted by atomic mass is 15.1. The van der Waals surface area contributed by atoms with E-state index in [0.29, 0.717) is 6.04 Å². The third-order valence-electron chi connectivity index (χ3n) is 2.58. The molecule has 0 radical (unpaired) electrons. The van der Waals surface area contributed by atoms with Crippen LogP contribution in [0.1, 0.15) is 27.2 Å². The molecule has 0 aliphatic carbocycles. The monoisotopic (exact) mass is 235 g/mol. The summed E-state index contributed by atoms with van der Waals surface area (Å²) in [7, 11) is 0. The Labute approximate surface area is 102 Å². The van der Waals surface area contributed by atoms with Crippen LogP contribution in [-0.2, 0) is 0 Å². The third-order valence-corrected chi connectivity index (χ3v) is 2.58. The van der Waals surface area contributed by atoms with Gasteiger partial charge in [0.25, 0.3) is 0 Å². The van der Waals surface area contributed by atoms with Crippen LogP contribution in [-0.4, -0.2) is 34.6 Å². The van der Waals surface area contributed by atoms with Gasteiger partial charge in [-0.3, -0.25) is 0 Å². The van der Waals surface area contributed by atoms with E-state index in [1.54, 1.807) is 6.33 Å². The van der Waals surface area contributed by atoms with Crippen LogP contribution >= 0.6 is 0 Å². The van der Waals surface area contributed by atoms with Gasteiger partial charge in [-0.05, 0) is 33.7 Å². The van der Waals surface area contributed by atoms with Gasteiger partial charge in [-0.2, -0.15) is 0 Å². The summed E-state index contributed by atoms with van der Waals surface area (Å²) in [5.74, 6) is 1.75. The Hall–Kier alpha value is -1.36. The number of aromatic nitrogens is 2. The van der Waals surface area contributed by atoms with Crippen molar-refractivity contribution >= 4 is 11.6 Å². The summed E-state index contributed by atoms with van der Waals surface area (Å²) in [4.78, 5) is 8.46. The Morgan fingerprint density at radius 3 is 2.71 bits per heavy atom. The summed E-state index contributed by atoms with van der Waals surface area (Å²) < 4.78 is 0. The Morgan fingerprint density at radius 2 is 2.06 bits per heavy atom. The second kappa shape index (κ2) is 4.87. The van der Waals surface area contributed by atoms with Crippen LogP contribution in [0.2, 0.25) is 0 Å². The lowest BCUT2D eigenvalue weighted by atomic mass is 10.1. The Kier molecular flexibility index (Phi) is 3.47. The molecular formula is C12H21N5. The van der Waals surface area contributed by atoms with Crippen LogP contribution in [0.15, 0.2) is 12.4 Å². The standard InChI is InChI=1S/C12H21N5/c1-12(2,3)17-11-6-10(14-8-15-11)16-9-4-5-13-7-9/h6,8-9,13H,4-5,7H2,1-3H3,(H2,14,15,16,17). The number of nitrogens with one attached hydrogen (secondary N) is 3. The Bertz CT molecular complexity index is 365. The molecule has 17 heavy (non-hydrogen) atoms. The maximum Gasteiger partial charge on any atom is 0.131 e. The fourth-order valence-corrected chi connectivity index (χ4v) is 1.88. The first kappa shape index (κ1) is 12.1. The minimum Gasteiger partial charge on any atom is -0.366 e. The number of anilines is 2. The Morgan fingerprint density at radius 1 is 1.29 bits per heavy atom. The van der Waals surface area contributed by atoms with Crippen molar-refractivity contribution in [2.24, 2.45) is 0 Å². The summed E-state index contributed by atoms with van der Waals surface area (Å²) in [6.07, 6.45) is 2.74. The topological polar surface area (TPSA) is 61.9 Å². The molecule has 1 aliphatic heterocycles. The van der Waals surface area contributed by atoms with E-state index in [9.17, 15) is 0 Å². The van der Waals surface area contributed by atoms with Gasteiger partial charge in [0.05, 0.1) is 0 Å². The van der Waals surface area contributed by atoms with Gasteiger partial charge >= 0.3 is 0 Å². The van der Waals surface area contributed by atoms with Crippen molar-refractivity contribution in [1.82, 2.24) is 15.3 Å². The molecule has 1 fully saturated rings. The van der Waals surface area contributed by atoms with Gasteiger partial charge in [0.2, 0.25) is 0 Å². The van der Waals surface area contributed by atoms with E-state index in [-0.39, 0.29) is 5.54 Å². The lowest BCUT2D eigenvalue weighted by molar-refractivity contribution is 0.630. The molecular weight excluding hydrogens is 214 g/mol. The molecule has 94 valence electrons. The molecule has 1 atom stereocenters. The molecule has 2 rings (SSSR count). The van der Waals surface area contributed by atoms with Crippen LogP contribution in [0.3, 0.4) is 0 Å². The van der Waals surface area contributed by atoms with Crippen LogP contribution in [0, 0.1) is 0 Å². The number of hydrogen-bond acceptors (Lipinski definition) is 5. The predicted molar refractivity (Wildman–Crippen MR) is 70.3 cm³/mol. The fraction of sp³-hybridized carbons (Fsp3) is 0.667. The summed E-state index contributed by atoms with van der Waals surface area (Å²) >= 11 is 0. The lowest BCUT2D eigenvalue weighted by Gasteiger charge is -2.21.